The lowest BCUT2D eigenvalue weighted by Crippen LogP contribution is -2.39. The van der Waals surface area contributed by atoms with Gasteiger partial charge in [0.15, 0.2) is 18.1 Å². The third-order valence-corrected chi connectivity index (χ3v) is 6.35. The average molecular weight is 418 g/mol. The smallest absolute Gasteiger partial charge is 0.341 e. The Bertz CT molecular complexity index is 771. The van der Waals surface area contributed by atoms with Gasteiger partial charge in [-0.1, -0.05) is 50.3 Å². The molecule has 5 atom stereocenters. The maximum Gasteiger partial charge on any atom is 0.341 e. The SMILES string of the molecule is O=C(O)COc1cccc2c1OC1CC(O)C(C=CC(O)CC3CCCCC3)C1O2. The molecule has 30 heavy (non-hydrogen) atoms. The van der Waals surface area contributed by atoms with Gasteiger partial charge in [0.05, 0.1) is 12.2 Å². The Hall–Kier alpha value is -2.25. The molecule has 0 amide bonds. The number of aliphatic hydroxyl groups excluding tert-OH is 2. The number of aliphatic hydroxyl groups is 2. The Morgan fingerprint density at radius 2 is 2.03 bits per heavy atom. The number of ether oxygens (including phenoxy) is 3. The third kappa shape index (κ3) is 4.73. The van der Waals surface area contributed by atoms with E-state index >= 15 is 0 Å². The van der Waals surface area contributed by atoms with E-state index in [1.165, 1.54) is 32.1 Å². The van der Waals surface area contributed by atoms with Gasteiger partial charge in [0.2, 0.25) is 5.75 Å². The summed E-state index contributed by atoms with van der Waals surface area (Å²) in [4.78, 5) is 10.8. The summed E-state index contributed by atoms with van der Waals surface area (Å²) in [6.07, 6.45) is 9.05. The molecule has 164 valence electrons. The van der Waals surface area contributed by atoms with Crippen molar-refractivity contribution < 1.29 is 34.3 Å². The molecule has 1 aliphatic heterocycles. The first-order chi connectivity index (χ1) is 14.5. The number of aliphatic carboxylic acids is 1. The highest BCUT2D eigenvalue weighted by Gasteiger charge is 2.47. The minimum Gasteiger partial charge on any atom is -0.482 e. The molecule has 2 saturated carbocycles. The van der Waals surface area contributed by atoms with Gasteiger partial charge in [-0.3, -0.25) is 0 Å². The largest absolute Gasteiger partial charge is 0.482 e. The molecule has 3 N–H and O–H groups in total. The topological polar surface area (TPSA) is 105 Å². The third-order valence-electron chi connectivity index (χ3n) is 6.35. The van der Waals surface area contributed by atoms with Crippen molar-refractivity contribution in [2.75, 3.05) is 6.61 Å². The number of carboxylic acid groups (broad SMARTS) is 1. The minimum atomic E-state index is -1.07. The zero-order valence-corrected chi connectivity index (χ0v) is 17.0. The van der Waals surface area contributed by atoms with E-state index in [1.54, 1.807) is 24.3 Å². The molecule has 1 aromatic carbocycles. The molecular formula is C23H30O7. The van der Waals surface area contributed by atoms with Crippen molar-refractivity contribution in [3.05, 3.63) is 30.4 Å². The maximum atomic E-state index is 10.8. The van der Waals surface area contributed by atoms with E-state index in [4.69, 9.17) is 19.3 Å². The summed E-state index contributed by atoms with van der Waals surface area (Å²) in [6, 6.07) is 5.09. The Kier molecular flexibility index (Phi) is 6.49. The lowest BCUT2D eigenvalue weighted by atomic mass is 9.85. The fourth-order valence-corrected chi connectivity index (χ4v) is 4.86. The first kappa shape index (κ1) is 21.0. The quantitative estimate of drug-likeness (QED) is 0.585. The van der Waals surface area contributed by atoms with Crippen LogP contribution in [0.2, 0.25) is 0 Å². The molecular weight excluding hydrogens is 388 g/mol. The second-order valence-corrected chi connectivity index (χ2v) is 8.58. The Morgan fingerprint density at radius 1 is 1.23 bits per heavy atom. The van der Waals surface area contributed by atoms with Gasteiger partial charge in [0, 0.05) is 12.3 Å². The van der Waals surface area contributed by atoms with Gasteiger partial charge in [-0.2, -0.15) is 0 Å². The van der Waals surface area contributed by atoms with Crippen molar-refractivity contribution in [1.82, 2.24) is 0 Å². The van der Waals surface area contributed by atoms with Crippen LogP contribution >= 0.6 is 0 Å². The van der Waals surface area contributed by atoms with Crippen LogP contribution < -0.4 is 14.2 Å². The second kappa shape index (κ2) is 9.27. The van der Waals surface area contributed by atoms with Gasteiger partial charge in [0.1, 0.15) is 12.2 Å². The fourth-order valence-electron chi connectivity index (χ4n) is 4.86. The number of rotatable bonds is 7. The number of carboxylic acids is 1. The van der Waals surface area contributed by atoms with Crippen LogP contribution in [0.15, 0.2) is 30.4 Å². The molecule has 0 bridgehead atoms. The zero-order valence-electron chi connectivity index (χ0n) is 17.0. The van der Waals surface area contributed by atoms with Crippen LogP contribution in [0.4, 0.5) is 0 Å². The predicted molar refractivity (Wildman–Crippen MR) is 109 cm³/mol. The van der Waals surface area contributed by atoms with Gasteiger partial charge in [-0.25, -0.2) is 4.79 Å². The van der Waals surface area contributed by atoms with Crippen LogP contribution in [0.3, 0.4) is 0 Å². The van der Waals surface area contributed by atoms with Gasteiger partial charge in [-0.15, -0.1) is 0 Å². The van der Waals surface area contributed by atoms with Crippen LogP contribution in [0, 0.1) is 11.8 Å². The Labute approximate surface area is 176 Å². The van der Waals surface area contributed by atoms with Gasteiger partial charge in [-0.05, 0) is 24.5 Å². The summed E-state index contributed by atoms with van der Waals surface area (Å²) >= 11 is 0. The minimum absolute atomic E-state index is 0.284. The summed E-state index contributed by atoms with van der Waals surface area (Å²) in [7, 11) is 0. The van der Waals surface area contributed by atoms with Crippen LogP contribution in [-0.2, 0) is 4.79 Å². The molecule has 1 aromatic rings. The van der Waals surface area contributed by atoms with Crippen LogP contribution in [-0.4, -0.2) is 52.3 Å². The van der Waals surface area contributed by atoms with Gasteiger partial charge in [0.25, 0.3) is 0 Å². The highest BCUT2D eigenvalue weighted by Crippen LogP contribution is 2.46. The average Bonchev–Trinajstić information content (AvgIpc) is 3.03. The molecule has 1 heterocycles. The number of benzene rings is 1. The molecule has 0 aromatic heterocycles. The fraction of sp³-hybridized carbons (Fsp3) is 0.609. The van der Waals surface area contributed by atoms with E-state index in [0.717, 1.165) is 6.42 Å². The highest BCUT2D eigenvalue weighted by molar-refractivity contribution is 5.68. The number of carbonyl (C=O) groups is 1. The molecule has 3 aliphatic rings. The molecule has 2 aliphatic carbocycles. The Morgan fingerprint density at radius 3 is 2.80 bits per heavy atom. The molecule has 2 fully saturated rings. The van der Waals surface area contributed by atoms with E-state index in [0.29, 0.717) is 29.6 Å². The monoisotopic (exact) mass is 418 g/mol. The molecule has 5 unspecified atom stereocenters. The lowest BCUT2D eigenvalue weighted by Gasteiger charge is -2.32. The molecule has 7 nitrogen and oxygen atoms in total. The molecule has 0 spiro atoms. The first-order valence-electron chi connectivity index (χ1n) is 10.9. The molecule has 0 radical (unpaired) electrons. The summed E-state index contributed by atoms with van der Waals surface area (Å²) in [5.74, 6) is 0.363. The lowest BCUT2D eigenvalue weighted by molar-refractivity contribution is -0.139. The number of fused-ring (bicyclic) bond motifs is 2. The van der Waals surface area contributed by atoms with Crippen LogP contribution in [0.25, 0.3) is 0 Å². The van der Waals surface area contributed by atoms with Crippen LogP contribution in [0.5, 0.6) is 17.2 Å². The summed E-state index contributed by atoms with van der Waals surface area (Å²) < 4.78 is 17.5. The van der Waals surface area contributed by atoms with Crippen molar-refractivity contribution in [2.24, 2.45) is 11.8 Å². The molecule has 0 saturated heterocycles. The summed E-state index contributed by atoms with van der Waals surface area (Å²) in [6.45, 7) is -0.471. The van der Waals surface area contributed by atoms with Crippen molar-refractivity contribution in [3.63, 3.8) is 0 Å². The second-order valence-electron chi connectivity index (χ2n) is 8.58. The van der Waals surface area contributed by atoms with E-state index in [9.17, 15) is 15.0 Å². The standard InChI is InChI=1S/C23H30O7/c24-15(11-14-5-2-1-3-6-14)9-10-16-17(25)12-20-22(16)29-19-8-4-7-18(23(19)30-20)28-13-21(26)27/h4,7-10,14-17,20,22,24-25H,1-3,5-6,11-13H2,(H,26,27). The van der Waals surface area contributed by atoms with E-state index in [-0.39, 0.29) is 18.1 Å². The summed E-state index contributed by atoms with van der Waals surface area (Å²) in [5.41, 5.74) is 0. The normalized spacial score (nSPS) is 29.5. The van der Waals surface area contributed by atoms with E-state index in [2.05, 4.69) is 0 Å². The van der Waals surface area contributed by atoms with E-state index < -0.39 is 24.8 Å². The highest BCUT2D eigenvalue weighted by atomic mass is 16.6. The van der Waals surface area contributed by atoms with Crippen LogP contribution in [0.1, 0.15) is 44.9 Å². The Balaban J connectivity index is 1.42. The number of para-hydroxylation sites is 1. The first-order valence-corrected chi connectivity index (χ1v) is 10.9. The predicted octanol–water partition coefficient (Wildman–Crippen LogP) is 2.93. The molecule has 7 heteroatoms. The van der Waals surface area contributed by atoms with E-state index in [1.807, 2.05) is 6.08 Å². The van der Waals surface area contributed by atoms with Crippen molar-refractivity contribution >= 4 is 5.97 Å². The summed E-state index contributed by atoms with van der Waals surface area (Å²) in [5, 5.41) is 29.9. The maximum absolute atomic E-state index is 10.8. The van der Waals surface area contributed by atoms with Crippen molar-refractivity contribution in [2.45, 2.75) is 69.4 Å². The number of hydrogen-bond acceptors (Lipinski definition) is 6. The van der Waals surface area contributed by atoms with Crippen molar-refractivity contribution in [3.8, 4) is 17.2 Å². The number of hydrogen-bond donors (Lipinski definition) is 3. The zero-order chi connectivity index (χ0) is 21.1. The van der Waals surface area contributed by atoms with Crippen molar-refractivity contribution in [1.29, 1.82) is 0 Å². The van der Waals surface area contributed by atoms with Gasteiger partial charge >= 0.3 is 5.97 Å². The van der Waals surface area contributed by atoms with Gasteiger partial charge < -0.3 is 29.5 Å². The molecule has 4 rings (SSSR count).